The molecule has 0 amide bonds. The van der Waals surface area contributed by atoms with Crippen molar-refractivity contribution < 1.29 is 14.9 Å². The maximum Gasteiger partial charge on any atom is 0.166 e. The second kappa shape index (κ2) is 5.97. The van der Waals surface area contributed by atoms with Gasteiger partial charge in [-0.1, -0.05) is 0 Å². The van der Waals surface area contributed by atoms with Crippen molar-refractivity contribution in [3.63, 3.8) is 0 Å². The van der Waals surface area contributed by atoms with Gasteiger partial charge in [-0.2, -0.15) is 0 Å². The van der Waals surface area contributed by atoms with Gasteiger partial charge in [-0.25, -0.2) is 0 Å². The summed E-state index contributed by atoms with van der Waals surface area (Å²) < 4.78 is 4.51. The summed E-state index contributed by atoms with van der Waals surface area (Å²) in [5, 5.41) is 19.7. The Kier molecular flexibility index (Phi) is 5.86. The average Bonchev–Trinajstić information content (AvgIpc) is 1.89. The number of methoxy groups -OCH3 is 1. The highest BCUT2D eigenvalue weighted by Gasteiger charge is 1.96. The summed E-state index contributed by atoms with van der Waals surface area (Å²) in [5.41, 5.74) is 0. The van der Waals surface area contributed by atoms with Crippen LogP contribution in [-0.2, 0) is 4.74 Å². The number of aliphatic hydroxyl groups excluding tert-OH is 2. The van der Waals surface area contributed by atoms with Crippen molar-refractivity contribution in [3.8, 4) is 0 Å². The molecule has 4 nitrogen and oxygen atoms in total. The second-order valence-electron chi connectivity index (χ2n) is 1.62. The van der Waals surface area contributed by atoms with Crippen LogP contribution in [0.1, 0.15) is 0 Å². The van der Waals surface area contributed by atoms with Crippen LogP contribution in [0.5, 0.6) is 0 Å². The summed E-state index contributed by atoms with van der Waals surface area (Å²) in [6.07, 6.45) is -0.767. The first-order valence-corrected chi connectivity index (χ1v) is 2.83. The first kappa shape index (κ1) is 8.84. The Labute approximate surface area is 54.5 Å². The van der Waals surface area contributed by atoms with Crippen LogP contribution in [0.25, 0.3) is 0 Å². The minimum absolute atomic E-state index is 0.0798. The third kappa shape index (κ3) is 5.72. The van der Waals surface area contributed by atoms with Crippen molar-refractivity contribution >= 4 is 0 Å². The predicted octanol–water partition coefficient (Wildman–Crippen LogP) is -1.47. The van der Waals surface area contributed by atoms with Gasteiger partial charge < -0.3 is 20.3 Å². The summed E-state index contributed by atoms with van der Waals surface area (Å²) in [5.74, 6) is 0. The lowest BCUT2D eigenvalue weighted by atomic mass is 10.6. The largest absolute Gasteiger partial charge is 0.395 e. The van der Waals surface area contributed by atoms with Crippen LogP contribution in [0.15, 0.2) is 0 Å². The number of aliphatic hydroxyl groups is 2. The van der Waals surface area contributed by atoms with E-state index >= 15 is 0 Å². The molecule has 0 spiro atoms. The van der Waals surface area contributed by atoms with Gasteiger partial charge >= 0.3 is 0 Å². The van der Waals surface area contributed by atoms with E-state index in [9.17, 15) is 0 Å². The monoisotopic (exact) mass is 135 g/mol. The summed E-state index contributed by atoms with van der Waals surface area (Å²) in [6.45, 7) is 0.925. The lowest BCUT2D eigenvalue weighted by Crippen LogP contribution is -2.29. The zero-order valence-corrected chi connectivity index (χ0v) is 5.50. The normalized spacial score (nSPS) is 13.7. The van der Waals surface area contributed by atoms with Crippen LogP contribution >= 0.6 is 0 Å². The van der Waals surface area contributed by atoms with Crippen LogP contribution in [0.2, 0.25) is 0 Å². The zero-order chi connectivity index (χ0) is 7.11. The first-order chi connectivity index (χ1) is 4.31. The van der Waals surface area contributed by atoms with E-state index in [1.54, 1.807) is 0 Å². The molecular formula is C5H13NO3. The summed E-state index contributed by atoms with van der Waals surface area (Å²) >= 11 is 0. The van der Waals surface area contributed by atoms with Gasteiger partial charge in [-0.15, -0.1) is 0 Å². The lowest BCUT2D eigenvalue weighted by Gasteiger charge is -2.07. The smallest absolute Gasteiger partial charge is 0.166 e. The van der Waals surface area contributed by atoms with Gasteiger partial charge in [0.25, 0.3) is 0 Å². The van der Waals surface area contributed by atoms with Crippen LogP contribution < -0.4 is 5.32 Å². The molecule has 0 saturated heterocycles. The summed E-state index contributed by atoms with van der Waals surface area (Å²) in [6, 6.07) is 0. The van der Waals surface area contributed by atoms with Gasteiger partial charge in [0.05, 0.1) is 6.61 Å². The van der Waals surface area contributed by atoms with E-state index in [4.69, 9.17) is 10.2 Å². The van der Waals surface area contributed by atoms with E-state index in [0.717, 1.165) is 0 Å². The molecule has 0 aliphatic carbocycles. The average molecular weight is 135 g/mol. The van der Waals surface area contributed by atoms with Crippen LogP contribution in [0, 0.1) is 0 Å². The molecule has 0 aromatic rings. The topological polar surface area (TPSA) is 61.7 Å². The van der Waals surface area contributed by atoms with Gasteiger partial charge in [0.2, 0.25) is 0 Å². The molecule has 0 rings (SSSR count). The Bertz CT molecular complexity index is 60.2. The van der Waals surface area contributed by atoms with Crippen molar-refractivity contribution in [2.24, 2.45) is 0 Å². The van der Waals surface area contributed by atoms with Gasteiger partial charge in [-0.3, -0.25) is 0 Å². The molecule has 0 aromatic carbocycles. The molecule has 4 heteroatoms. The highest BCUT2D eigenvalue weighted by atomic mass is 16.6. The van der Waals surface area contributed by atoms with Gasteiger partial charge in [0, 0.05) is 20.2 Å². The molecular weight excluding hydrogens is 122 g/mol. The number of ether oxygens (including phenoxy) is 1. The zero-order valence-electron chi connectivity index (χ0n) is 5.50. The van der Waals surface area contributed by atoms with Crippen molar-refractivity contribution in [3.05, 3.63) is 0 Å². The predicted molar refractivity (Wildman–Crippen MR) is 33.0 cm³/mol. The lowest BCUT2D eigenvalue weighted by molar-refractivity contribution is -0.0709. The molecule has 1 atom stereocenters. The maximum atomic E-state index is 8.72. The van der Waals surface area contributed by atoms with E-state index in [-0.39, 0.29) is 6.61 Å². The quantitative estimate of drug-likeness (QED) is 0.318. The maximum absolute atomic E-state index is 8.72. The van der Waals surface area contributed by atoms with Crippen molar-refractivity contribution in [2.75, 3.05) is 26.8 Å². The molecule has 56 valence electrons. The first-order valence-electron chi connectivity index (χ1n) is 2.83. The summed E-state index contributed by atoms with van der Waals surface area (Å²) in [7, 11) is 1.42. The Morgan fingerprint density at radius 3 is 2.78 bits per heavy atom. The molecule has 0 fully saturated rings. The van der Waals surface area contributed by atoms with E-state index in [1.165, 1.54) is 7.11 Å². The Morgan fingerprint density at radius 1 is 1.67 bits per heavy atom. The second-order valence-corrected chi connectivity index (χ2v) is 1.62. The van der Waals surface area contributed by atoms with E-state index in [1.807, 2.05) is 0 Å². The van der Waals surface area contributed by atoms with Gasteiger partial charge in [-0.05, 0) is 0 Å². The highest BCUT2D eigenvalue weighted by Crippen LogP contribution is 1.77. The van der Waals surface area contributed by atoms with Crippen LogP contribution in [0.3, 0.4) is 0 Å². The standard InChI is InChI=1S/C5H13NO3/c1-9-5(8)4-6-2-3-7/h5-8H,2-4H2,1H3. The number of nitrogens with one attached hydrogen (secondary N) is 1. The molecule has 0 bridgehead atoms. The van der Waals surface area contributed by atoms with Crippen LogP contribution in [0.4, 0.5) is 0 Å². The molecule has 0 radical (unpaired) electrons. The molecule has 0 aromatic heterocycles. The van der Waals surface area contributed by atoms with Crippen molar-refractivity contribution in [2.45, 2.75) is 6.29 Å². The van der Waals surface area contributed by atoms with E-state index in [0.29, 0.717) is 13.1 Å². The SMILES string of the molecule is COC(O)CNCCO. The fraction of sp³-hybridized carbons (Fsp3) is 1.00. The molecule has 9 heavy (non-hydrogen) atoms. The van der Waals surface area contributed by atoms with E-state index in [2.05, 4.69) is 10.1 Å². The Hall–Kier alpha value is -0.160. The van der Waals surface area contributed by atoms with Gasteiger partial charge in [0.15, 0.2) is 6.29 Å². The molecule has 1 unspecified atom stereocenters. The van der Waals surface area contributed by atoms with Gasteiger partial charge in [0.1, 0.15) is 0 Å². The third-order valence-corrected chi connectivity index (χ3v) is 0.880. The third-order valence-electron chi connectivity index (χ3n) is 0.880. The molecule has 0 heterocycles. The van der Waals surface area contributed by atoms with Crippen LogP contribution in [-0.4, -0.2) is 43.3 Å². The molecule has 3 N–H and O–H groups in total. The fourth-order valence-electron chi connectivity index (χ4n) is 0.388. The molecule has 0 aliphatic rings. The minimum Gasteiger partial charge on any atom is -0.395 e. The Balaban J connectivity index is 2.88. The minimum atomic E-state index is -0.767. The number of hydrogen-bond donors (Lipinski definition) is 3. The Morgan fingerprint density at radius 2 is 2.33 bits per heavy atom. The van der Waals surface area contributed by atoms with Crippen molar-refractivity contribution in [1.29, 1.82) is 0 Å². The fourth-order valence-corrected chi connectivity index (χ4v) is 0.388. The number of rotatable bonds is 5. The number of hydrogen-bond acceptors (Lipinski definition) is 4. The molecule has 0 aliphatic heterocycles. The summed E-state index contributed by atoms with van der Waals surface area (Å²) in [4.78, 5) is 0. The van der Waals surface area contributed by atoms with E-state index < -0.39 is 6.29 Å². The highest BCUT2D eigenvalue weighted by molar-refractivity contribution is 4.46. The van der Waals surface area contributed by atoms with Crippen molar-refractivity contribution in [1.82, 2.24) is 5.32 Å². The molecule has 0 saturated carbocycles.